The molecule has 0 spiro atoms. The van der Waals surface area contributed by atoms with Gasteiger partial charge in [-0.3, -0.25) is 4.79 Å². The van der Waals surface area contributed by atoms with Crippen LogP contribution in [0.5, 0.6) is 0 Å². The molecule has 0 aliphatic heterocycles. The van der Waals surface area contributed by atoms with Gasteiger partial charge in [0.15, 0.2) is 0 Å². The summed E-state index contributed by atoms with van der Waals surface area (Å²) >= 11 is 0. The summed E-state index contributed by atoms with van der Waals surface area (Å²) in [5, 5.41) is 11.0. The minimum atomic E-state index is -3.49. The third kappa shape index (κ3) is 3.32. The van der Waals surface area contributed by atoms with Gasteiger partial charge < -0.3 is 14.6 Å². The molecule has 8 aliphatic rings. The molecule has 8 fully saturated rings. The summed E-state index contributed by atoms with van der Waals surface area (Å²) in [7, 11) is 0. The number of alkyl halides is 2. The lowest BCUT2D eigenvalue weighted by atomic mass is 9.48. The predicted molar refractivity (Wildman–Crippen MR) is 110 cm³/mol. The molecule has 0 aromatic heterocycles. The summed E-state index contributed by atoms with van der Waals surface area (Å²) in [4.78, 5) is 25.3. The van der Waals surface area contributed by atoms with Crippen LogP contribution in [0.3, 0.4) is 0 Å². The molecule has 7 heteroatoms. The van der Waals surface area contributed by atoms with Crippen molar-refractivity contribution in [2.45, 2.75) is 95.2 Å². The highest BCUT2D eigenvalue weighted by Gasteiger charge is 2.62. The zero-order valence-electron chi connectivity index (χ0n) is 18.8. The molecule has 0 aromatic rings. The van der Waals surface area contributed by atoms with Crippen molar-refractivity contribution in [3.05, 3.63) is 0 Å². The summed E-state index contributed by atoms with van der Waals surface area (Å²) in [5.41, 5.74) is -1.22. The quantitative estimate of drug-likeness (QED) is 0.632. The Labute approximate surface area is 187 Å². The molecule has 8 bridgehead atoms. The number of esters is 2. The fraction of sp³-hybridized carbons (Fsp3) is 0.920. The molecular weight excluding hydrogens is 418 g/mol. The largest absolute Gasteiger partial charge is 0.465 e. The van der Waals surface area contributed by atoms with Gasteiger partial charge in [0.25, 0.3) is 0 Å². The van der Waals surface area contributed by atoms with E-state index >= 15 is 0 Å². The van der Waals surface area contributed by atoms with Crippen LogP contribution in [0.25, 0.3) is 0 Å². The van der Waals surface area contributed by atoms with E-state index in [2.05, 4.69) is 0 Å². The monoisotopic (exact) mass is 452 g/mol. The Kier molecular flexibility index (Phi) is 4.44. The number of hydrogen-bond donors (Lipinski definition) is 1. The smallest absolute Gasteiger partial charge is 0.376 e. The predicted octanol–water partition coefficient (Wildman–Crippen LogP) is 4.25. The lowest BCUT2D eigenvalue weighted by Gasteiger charge is -2.60. The third-order valence-corrected chi connectivity index (χ3v) is 9.88. The van der Waals surface area contributed by atoms with E-state index in [9.17, 15) is 23.5 Å². The number of aliphatic hydroxyl groups is 1. The van der Waals surface area contributed by atoms with Crippen molar-refractivity contribution in [1.29, 1.82) is 0 Å². The van der Waals surface area contributed by atoms with Crippen molar-refractivity contribution in [3.63, 3.8) is 0 Å². The molecule has 8 saturated carbocycles. The zero-order valence-corrected chi connectivity index (χ0v) is 18.8. The topological polar surface area (TPSA) is 72.8 Å². The molecule has 8 rings (SSSR count). The first kappa shape index (κ1) is 21.3. The van der Waals surface area contributed by atoms with Crippen LogP contribution in [0.1, 0.15) is 77.6 Å². The molecule has 0 aromatic carbocycles. The Hall–Kier alpha value is -1.24. The second-order valence-corrected chi connectivity index (χ2v) is 12.8. The highest BCUT2D eigenvalue weighted by molar-refractivity contribution is 5.78. The van der Waals surface area contributed by atoms with E-state index in [4.69, 9.17) is 9.47 Å². The number of halogens is 2. The van der Waals surface area contributed by atoms with E-state index in [1.165, 1.54) is 6.42 Å². The first-order valence-electron chi connectivity index (χ1n) is 12.5. The summed E-state index contributed by atoms with van der Waals surface area (Å²) < 4.78 is 38.1. The van der Waals surface area contributed by atoms with Gasteiger partial charge in [0.2, 0.25) is 0 Å². The van der Waals surface area contributed by atoms with Crippen molar-refractivity contribution < 1.29 is 33.0 Å². The number of carbonyl (C=O) groups excluding carboxylic acids is 2. The molecule has 1 N–H and O–H groups in total. The van der Waals surface area contributed by atoms with Crippen LogP contribution in [0, 0.1) is 40.4 Å². The first-order chi connectivity index (χ1) is 15.0. The number of rotatable bonds is 5. The number of hydrogen-bond acceptors (Lipinski definition) is 5. The summed E-state index contributed by atoms with van der Waals surface area (Å²) in [6.45, 7) is 0.967. The third-order valence-electron chi connectivity index (χ3n) is 9.88. The van der Waals surface area contributed by atoms with E-state index < -0.39 is 29.0 Å². The van der Waals surface area contributed by atoms with Crippen LogP contribution in [-0.2, 0) is 19.1 Å². The van der Waals surface area contributed by atoms with Gasteiger partial charge in [0, 0.05) is 12.3 Å². The average Bonchev–Trinajstić information content (AvgIpc) is 2.65. The summed E-state index contributed by atoms with van der Waals surface area (Å²) in [6.07, 6.45) is 8.90. The molecule has 4 unspecified atom stereocenters. The maximum atomic E-state index is 13.4. The van der Waals surface area contributed by atoms with Gasteiger partial charge in [-0.25, -0.2) is 4.79 Å². The van der Waals surface area contributed by atoms with Crippen LogP contribution in [0.2, 0.25) is 0 Å². The molecule has 0 radical (unpaired) electrons. The van der Waals surface area contributed by atoms with Gasteiger partial charge in [0.05, 0.1) is 17.6 Å². The van der Waals surface area contributed by atoms with Gasteiger partial charge >= 0.3 is 17.9 Å². The van der Waals surface area contributed by atoms with Gasteiger partial charge in [0.1, 0.15) is 6.10 Å². The molecule has 0 amide bonds. The van der Waals surface area contributed by atoms with Crippen LogP contribution in [0.4, 0.5) is 8.78 Å². The van der Waals surface area contributed by atoms with Crippen molar-refractivity contribution >= 4 is 11.9 Å². The summed E-state index contributed by atoms with van der Waals surface area (Å²) in [5.74, 6) is -3.71. The van der Waals surface area contributed by atoms with Gasteiger partial charge in [-0.1, -0.05) is 0 Å². The number of carbonyl (C=O) groups is 2. The van der Waals surface area contributed by atoms with Crippen molar-refractivity contribution in [3.8, 4) is 0 Å². The maximum Gasteiger partial charge on any atom is 0.376 e. The molecule has 4 atom stereocenters. The lowest BCUT2D eigenvalue weighted by Crippen LogP contribution is -2.59. The Balaban J connectivity index is 1.14. The van der Waals surface area contributed by atoms with Crippen LogP contribution in [-0.4, -0.2) is 41.3 Å². The van der Waals surface area contributed by atoms with E-state index in [-0.39, 0.29) is 23.2 Å². The van der Waals surface area contributed by atoms with Crippen molar-refractivity contribution in [1.82, 2.24) is 0 Å². The zero-order chi connectivity index (χ0) is 22.5. The van der Waals surface area contributed by atoms with Crippen LogP contribution < -0.4 is 0 Å². The van der Waals surface area contributed by atoms with E-state index in [0.717, 1.165) is 51.4 Å². The number of ether oxygens (including phenoxy) is 2. The van der Waals surface area contributed by atoms with E-state index in [1.807, 2.05) is 0 Å². The highest BCUT2D eigenvalue weighted by atomic mass is 19.3. The van der Waals surface area contributed by atoms with Crippen LogP contribution >= 0.6 is 0 Å². The van der Waals surface area contributed by atoms with E-state index in [1.54, 1.807) is 0 Å². The molecule has 5 nitrogen and oxygen atoms in total. The van der Waals surface area contributed by atoms with Gasteiger partial charge in [-0.15, -0.1) is 0 Å². The highest BCUT2D eigenvalue weighted by Crippen LogP contribution is 2.63. The minimum Gasteiger partial charge on any atom is -0.465 e. The second kappa shape index (κ2) is 6.67. The lowest BCUT2D eigenvalue weighted by molar-refractivity contribution is -0.214. The normalized spacial score (nSPS) is 50.5. The molecule has 0 saturated heterocycles. The van der Waals surface area contributed by atoms with Crippen LogP contribution in [0.15, 0.2) is 0 Å². The first-order valence-corrected chi connectivity index (χ1v) is 12.5. The molecule has 8 aliphatic carbocycles. The molecule has 0 heterocycles. The van der Waals surface area contributed by atoms with Gasteiger partial charge in [-0.2, -0.15) is 8.78 Å². The Morgan fingerprint density at radius 3 is 2.12 bits per heavy atom. The Morgan fingerprint density at radius 2 is 1.56 bits per heavy atom. The Morgan fingerprint density at radius 1 is 0.938 bits per heavy atom. The SMILES string of the molecule is CC(F)(F)C(=O)OC1C2CC3CC1CC(C(=O)OCC14CC5CC(CC(O)(C5)C1)C4)(C3)C2. The minimum absolute atomic E-state index is 0.0413. The standard InChI is InChI=1S/C25H34F2O5/c1-22(26,27)20(28)32-19-17-3-14-4-18(19)11-24(7-14,10-17)21(29)31-13-23-5-15-2-16(6-23)9-25(30,8-15)12-23/h14-19,30H,2-13H2,1H3. The van der Waals surface area contributed by atoms with E-state index in [0.29, 0.717) is 44.1 Å². The van der Waals surface area contributed by atoms with Crippen molar-refractivity contribution in [2.75, 3.05) is 6.61 Å². The Bertz CT molecular complexity index is 805. The van der Waals surface area contributed by atoms with Crippen molar-refractivity contribution in [2.24, 2.45) is 40.4 Å². The summed E-state index contributed by atoms with van der Waals surface area (Å²) in [6, 6.07) is 0. The average molecular weight is 453 g/mol. The fourth-order valence-corrected chi connectivity index (χ4v) is 9.59. The molecular formula is C25H34F2O5. The molecule has 178 valence electrons. The molecule has 32 heavy (non-hydrogen) atoms. The maximum absolute atomic E-state index is 13.4. The second-order valence-electron chi connectivity index (χ2n) is 12.8. The van der Waals surface area contributed by atoms with Gasteiger partial charge in [-0.05, 0) is 100 Å². The fourth-order valence-electron chi connectivity index (χ4n) is 9.59.